The molecule has 1 aliphatic carbocycles. The first kappa shape index (κ1) is 16.5. The van der Waals surface area contributed by atoms with Gasteiger partial charge in [0, 0.05) is 19.1 Å². The van der Waals surface area contributed by atoms with Crippen LogP contribution in [0.25, 0.3) is 0 Å². The standard InChI is InChI=1S/C18H30N2O/c1-17(2,16(19)15-9-5-4-6-10-15)13-20(3)14-18(21)11-7-8-12-18/h4-6,9-10,16,21H,7-8,11-14,19H2,1-3H3. The molecular formula is C18H30N2O. The molecule has 1 atom stereocenters. The van der Waals surface area contributed by atoms with Crippen molar-refractivity contribution in [3.05, 3.63) is 35.9 Å². The maximum atomic E-state index is 10.5. The third kappa shape index (κ3) is 4.29. The Labute approximate surface area is 129 Å². The van der Waals surface area contributed by atoms with E-state index in [1.165, 1.54) is 5.56 Å². The Morgan fingerprint density at radius 1 is 1.24 bits per heavy atom. The van der Waals surface area contributed by atoms with Crippen LogP contribution < -0.4 is 5.73 Å². The minimum atomic E-state index is -0.484. The molecular weight excluding hydrogens is 260 g/mol. The van der Waals surface area contributed by atoms with Gasteiger partial charge in [0.15, 0.2) is 0 Å². The van der Waals surface area contributed by atoms with Crippen LogP contribution in [0.1, 0.15) is 51.1 Å². The van der Waals surface area contributed by atoms with Gasteiger partial charge in [-0.3, -0.25) is 0 Å². The number of nitrogens with zero attached hydrogens (tertiary/aromatic N) is 1. The minimum absolute atomic E-state index is 0.000582. The van der Waals surface area contributed by atoms with Crippen LogP contribution in [0.5, 0.6) is 0 Å². The molecule has 21 heavy (non-hydrogen) atoms. The molecule has 118 valence electrons. The summed E-state index contributed by atoms with van der Waals surface area (Å²) in [5.41, 5.74) is 7.13. The average molecular weight is 290 g/mol. The summed E-state index contributed by atoms with van der Waals surface area (Å²) in [7, 11) is 2.09. The number of nitrogens with two attached hydrogens (primary N) is 1. The Kier molecular flexibility index (Phi) is 5.07. The normalized spacial score (nSPS) is 19.9. The monoisotopic (exact) mass is 290 g/mol. The topological polar surface area (TPSA) is 49.5 Å². The van der Waals surface area contributed by atoms with Crippen LogP contribution in [0.2, 0.25) is 0 Å². The molecule has 0 bridgehead atoms. The summed E-state index contributed by atoms with van der Waals surface area (Å²) >= 11 is 0. The summed E-state index contributed by atoms with van der Waals surface area (Å²) in [6, 6.07) is 10.3. The van der Waals surface area contributed by atoms with E-state index >= 15 is 0 Å². The molecule has 1 fully saturated rings. The van der Waals surface area contributed by atoms with Crippen LogP contribution in [0.15, 0.2) is 30.3 Å². The van der Waals surface area contributed by atoms with Crippen LogP contribution in [-0.4, -0.2) is 35.7 Å². The smallest absolute Gasteiger partial charge is 0.0774 e. The van der Waals surface area contributed by atoms with Crippen molar-refractivity contribution in [3.8, 4) is 0 Å². The van der Waals surface area contributed by atoms with Crippen LogP contribution >= 0.6 is 0 Å². The molecule has 0 aliphatic heterocycles. The van der Waals surface area contributed by atoms with Crippen molar-refractivity contribution >= 4 is 0 Å². The number of rotatable bonds is 6. The lowest BCUT2D eigenvalue weighted by atomic mass is 9.80. The lowest BCUT2D eigenvalue weighted by Gasteiger charge is -2.38. The maximum Gasteiger partial charge on any atom is 0.0774 e. The summed E-state index contributed by atoms with van der Waals surface area (Å²) in [5.74, 6) is 0. The van der Waals surface area contributed by atoms with Crippen molar-refractivity contribution in [2.75, 3.05) is 20.1 Å². The van der Waals surface area contributed by atoms with Crippen molar-refractivity contribution < 1.29 is 5.11 Å². The van der Waals surface area contributed by atoms with Gasteiger partial charge in [-0.25, -0.2) is 0 Å². The van der Waals surface area contributed by atoms with Crippen molar-refractivity contribution in [1.29, 1.82) is 0 Å². The van der Waals surface area contributed by atoms with Gasteiger partial charge < -0.3 is 15.7 Å². The van der Waals surface area contributed by atoms with Gasteiger partial charge in [-0.15, -0.1) is 0 Å². The third-order valence-corrected chi connectivity index (χ3v) is 4.78. The van der Waals surface area contributed by atoms with E-state index in [0.717, 1.165) is 38.8 Å². The van der Waals surface area contributed by atoms with E-state index in [2.05, 4.69) is 37.9 Å². The molecule has 1 aromatic carbocycles. The van der Waals surface area contributed by atoms with Crippen LogP contribution in [0.3, 0.4) is 0 Å². The molecule has 0 amide bonds. The number of hydrogen-bond donors (Lipinski definition) is 2. The second-order valence-electron chi connectivity index (χ2n) is 7.48. The molecule has 0 spiro atoms. The Morgan fingerprint density at radius 3 is 2.38 bits per heavy atom. The zero-order chi connectivity index (χ0) is 15.5. The summed E-state index contributed by atoms with van der Waals surface area (Å²) in [4.78, 5) is 2.24. The highest BCUT2D eigenvalue weighted by Gasteiger charge is 2.35. The van der Waals surface area contributed by atoms with E-state index in [1.807, 2.05) is 18.2 Å². The van der Waals surface area contributed by atoms with Crippen LogP contribution in [-0.2, 0) is 0 Å². The summed E-state index contributed by atoms with van der Waals surface area (Å²) < 4.78 is 0. The molecule has 0 saturated heterocycles. The van der Waals surface area contributed by atoms with Gasteiger partial charge in [-0.05, 0) is 30.9 Å². The van der Waals surface area contributed by atoms with E-state index in [0.29, 0.717) is 0 Å². The SMILES string of the molecule is CN(CC1(O)CCCC1)CC(C)(C)C(N)c1ccccc1. The second kappa shape index (κ2) is 6.47. The van der Waals surface area contributed by atoms with Crippen LogP contribution in [0.4, 0.5) is 0 Å². The second-order valence-corrected chi connectivity index (χ2v) is 7.48. The fraction of sp³-hybridized carbons (Fsp3) is 0.667. The average Bonchev–Trinajstić information content (AvgIpc) is 2.84. The van der Waals surface area contributed by atoms with Gasteiger partial charge >= 0.3 is 0 Å². The first-order chi connectivity index (χ1) is 9.82. The Balaban J connectivity index is 1.96. The van der Waals surface area contributed by atoms with E-state index in [4.69, 9.17) is 5.73 Å². The summed E-state index contributed by atoms with van der Waals surface area (Å²) in [6.45, 7) is 6.04. The van der Waals surface area contributed by atoms with Crippen molar-refractivity contribution in [2.24, 2.45) is 11.1 Å². The third-order valence-electron chi connectivity index (χ3n) is 4.78. The van der Waals surface area contributed by atoms with E-state index in [-0.39, 0.29) is 11.5 Å². The lowest BCUT2D eigenvalue weighted by Crippen LogP contribution is -2.45. The largest absolute Gasteiger partial charge is 0.389 e. The molecule has 0 aromatic heterocycles. The van der Waals surface area contributed by atoms with Gasteiger partial charge in [0.25, 0.3) is 0 Å². The Bertz CT molecular complexity index is 438. The number of hydrogen-bond acceptors (Lipinski definition) is 3. The number of benzene rings is 1. The predicted molar refractivity (Wildman–Crippen MR) is 88.1 cm³/mol. The quantitative estimate of drug-likeness (QED) is 0.847. The first-order valence-electron chi connectivity index (χ1n) is 8.04. The van der Waals surface area contributed by atoms with Crippen molar-refractivity contribution in [3.63, 3.8) is 0 Å². The molecule has 1 aromatic rings. The zero-order valence-corrected chi connectivity index (χ0v) is 13.7. The summed E-state index contributed by atoms with van der Waals surface area (Å²) in [6.07, 6.45) is 4.17. The number of likely N-dealkylation sites (N-methyl/N-ethyl adjacent to an activating group) is 1. The molecule has 3 nitrogen and oxygen atoms in total. The zero-order valence-electron chi connectivity index (χ0n) is 13.7. The van der Waals surface area contributed by atoms with Crippen LogP contribution in [0, 0.1) is 5.41 Å². The van der Waals surface area contributed by atoms with E-state index < -0.39 is 5.60 Å². The molecule has 0 heterocycles. The molecule has 2 rings (SSSR count). The lowest BCUT2D eigenvalue weighted by molar-refractivity contribution is 0.00602. The predicted octanol–water partition coefficient (Wildman–Crippen LogP) is 2.95. The first-order valence-corrected chi connectivity index (χ1v) is 8.04. The van der Waals surface area contributed by atoms with Gasteiger partial charge in [-0.2, -0.15) is 0 Å². The van der Waals surface area contributed by atoms with E-state index in [1.54, 1.807) is 0 Å². The highest BCUT2D eigenvalue weighted by Crippen LogP contribution is 2.34. The maximum absolute atomic E-state index is 10.5. The fourth-order valence-electron chi connectivity index (χ4n) is 3.66. The Hall–Kier alpha value is -0.900. The van der Waals surface area contributed by atoms with Gasteiger partial charge in [0.2, 0.25) is 0 Å². The van der Waals surface area contributed by atoms with Crippen molar-refractivity contribution in [1.82, 2.24) is 4.90 Å². The minimum Gasteiger partial charge on any atom is -0.389 e. The molecule has 3 heteroatoms. The molecule has 1 unspecified atom stereocenters. The van der Waals surface area contributed by atoms with Gasteiger partial charge in [0.05, 0.1) is 5.60 Å². The fourth-order valence-corrected chi connectivity index (χ4v) is 3.66. The van der Waals surface area contributed by atoms with E-state index in [9.17, 15) is 5.11 Å². The molecule has 1 saturated carbocycles. The number of aliphatic hydroxyl groups is 1. The molecule has 3 N–H and O–H groups in total. The van der Waals surface area contributed by atoms with Crippen molar-refractivity contribution in [2.45, 2.75) is 51.2 Å². The van der Waals surface area contributed by atoms with Gasteiger partial charge in [-0.1, -0.05) is 57.0 Å². The Morgan fingerprint density at radius 2 is 1.81 bits per heavy atom. The van der Waals surface area contributed by atoms with Gasteiger partial charge in [0.1, 0.15) is 0 Å². The molecule has 1 aliphatic rings. The summed E-state index contributed by atoms with van der Waals surface area (Å²) in [5, 5.41) is 10.5. The molecule has 0 radical (unpaired) electrons. The highest BCUT2D eigenvalue weighted by atomic mass is 16.3. The highest BCUT2D eigenvalue weighted by molar-refractivity contribution is 5.20.